The Labute approximate surface area is 170 Å². The van der Waals surface area contributed by atoms with Crippen LogP contribution in [0.4, 0.5) is 0 Å². The highest BCUT2D eigenvalue weighted by molar-refractivity contribution is 6.00. The van der Waals surface area contributed by atoms with Gasteiger partial charge in [-0.25, -0.2) is 0 Å². The molecule has 0 bridgehead atoms. The largest absolute Gasteiger partial charge is 0.497 e. The minimum absolute atomic E-state index is 0.0750. The molecule has 1 fully saturated rings. The Bertz CT molecular complexity index is 962. The molecule has 1 saturated heterocycles. The van der Waals surface area contributed by atoms with Crippen LogP contribution in [0.3, 0.4) is 0 Å². The quantitative estimate of drug-likeness (QED) is 0.679. The van der Waals surface area contributed by atoms with Gasteiger partial charge in [-0.15, -0.1) is 0 Å². The van der Waals surface area contributed by atoms with Crippen LogP contribution >= 0.6 is 0 Å². The predicted molar refractivity (Wildman–Crippen MR) is 113 cm³/mol. The van der Waals surface area contributed by atoms with Gasteiger partial charge in [-0.05, 0) is 43.6 Å². The van der Waals surface area contributed by atoms with Gasteiger partial charge in [-0.3, -0.25) is 9.48 Å². The first kappa shape index (κ1) is 19.2. The third kappa shape index (κ3) is 4.66. The molecule has 29 heavy (non-hydrogen) atoms. The van der Waals surface area contributed by atoms with Crippen molar-refractivity contribution in [2.75, 3.05) is 20.2 Å². The summed E-state index contributed by atoms with van der Waals surface area (Å²) in [4.78, 5) is 13.1. The Hall–Kier alpha value is -3.12. The van der Waals surface area contributed by atoms with Crippen molar-refractivity contribution in [1.82, 2.24) is 20.4 Å². The first-order valence-corrected chi connectivity index (χ1v) is 10.0. The van der Waals surface area contributed by atoms with Crippen molar-refractivity contribution in [3.8, 4) is 17.0 Å². The molecule has 1 aromatic heterocycles. The Morgan fingerprint density at radius 1 is 1.17 bits per heavy atom. The first-order chi connectivity index (χ1) is 14.2. The molecule has 2 N–H and O–H groups in total. The van der Waals surface area contributed by atoms with Gasteiger partial charge in [0.05, 0.1) is 19.2 Å². The smallest absolute Gasteiger partial charge is 0.255 e. The van der Waals surface area contributed by atoms with Gasteiger partial charge < -0.3 is 15.4 Å². The van der Waals surface area contributed by atoms with E-state index in [1.54, 1.807) is 7.11 Å². The van der Waals surface area contributed by atoms with Crippen LogP contribution in [0.15, 0.2) is 60.8 Å². The van der Waals surface area contributed by atoms with Crippen LogP contribution in [0.1, 0.15) is 28.8 Å². The summed E-state index contributed by atoms with van der Waals surface area (Å²) in [6.45, 7) is 2.47. The number of hydrogen-bond donors (Lipinski definition) is 2. The number of aromatic nitrogens is 2. The zero-order chi connectivity index (χ0) is 20.1. The van der Waals surface area contributed by atoms with E-state index in [4.69, 9.17) is 9.84 Å². The van der Waals surface area contributed by atoms with Crippen molar-refractivity contribution in [1.29, 1.82) is 0 Å². The summed E-state index contributed by atoms with van der Waals surface area (Å²) in [5.41, 5.74) is 3.27. The van der Waals surface area contributed by atoms with Crippen LogP contribution in [-0.4, -0.2) is 41.9 Å². The van der Waals surface area contributed by atoms with Crippen molar-refractivity contribution in [3.05, 3.63) is 71.9 Å². The minimum atomic E-state index is -0.0750. The van der Waals surface area contributed by atoms with E-state index >= 15 is 0 Å². The molecule has 3 aromatic rings. The molecule has 2 aromatic carbocycles. The monoisotopic (exact) mass is 390 g/mol. The number of nitrogens with zero attached hydrogens (tertiary/aromatic N) is 2. The molecule has 1 aliphatic rings. The summed E-state index contributed by atoms with van der Waals surface area (Å²) in [6, 6.07) is 18.0. The molecule has 0 atom stereocenters. The van der Waals surface area contributed by atoms with Gasteiger partial charge in [-0.1, -0.05) is 42.5 Å². The molecule has 0 saturated carbocycles. The highest BCUT2D eigenvalue weighted by atomic mass is 16.5. The maximum Gasteiger partial charge on any atom is 0.255 e. The number of benzene rings is 2. The Balaban J connectivity index is 1.65. The fraction of sp³-hybridized carbons (Fsp3) is 0.304. The maximum atomic E-state index is 13.1. The molecule has 6 heteroatoms. The number of carbonyl (C=O) groups is 1. The van der Waals surface area contributed by atoms with Crippen molar-refractivity contribution >= 4 is 5.91 Å². The fourth-order valence-electron chi connectivity index (χ4n) is 3.65. The van der Waals surface area contributed by atoms with Crippen LogP contribution in [0.2, 0.25) is 0 Å². The number of piperidine rings is 1. The van der Waals surface area contributed by atoms with E-state index in [2.05, 4.69) is 22.8 Å². The topological polar surface area (TPSA) is 68.2 Å². The number of rotatable bonds is 6. The van der Waals surface area contributed by atoms with Gasteiger partial charge in [0, 0.05) is 17.8 Å². The molecule has 0 radical (unpaired) electrons. The molecule has 6 nitrogen and oxygen atoms in total. The zero-order valence-electron chi connectivity index (χ0n) is 16.6. The molecular formula is C23H26N4O2. The average Bonchev–Trinajstić information content (AvgIpc) is 3.19. The lowest BCUT2D eigenvalue weighted by Crippen LogP contribution is -2.42. The molecule has 0 aliphatic carbocycles. The summed E-state index contributed by atoms with van der Waals surface area (Å²) in [6.07, 6.45) is 3.73. The van der Waals surface area contributed by atoms with Crippen molar-refractivity contribution in [2.45, 2.75) is 25.4 Å². The van der Waals surface area contributed by atoms with E-state index in [1.165, 1.54) is 0 Å². The zero-order valence-corrected chi connectivity index (χ0v) is 16.6. The minimum Gasteiger partial charge on any atom is -0.497 e. The molecule has 1 amide bonds. The predicted octanol–water partition coefficient (Wildman–Crippen LogP) is 3.09. The molecule has 150 valence electrons. The number of amides is 1. The second kappa shape index (κ2) is 8.92. The van der Waals surface area contributed by atoms with Crippen LogP contribution in [-0.2, 0) is 6.54 Å². The lowest BCUT2D eigenvalue weighted by atomic mass is 10.0. The third-order valence-electron chi connectivity index (χ3n) is 5.21. The van der Waals surface area contributed by atoms with Crippen molar-refractivity contribution in [3.63, 3.8) is 0 Å². The lowest BCUT2D eigenvalue weighted by Gasteiger charge is -2.23. The number of hydrogen-bond acceptors (Lipinski definition) is 4. The summed E-state index contributed by atoms with van der Waals surface area (Å²) >= 11 is 0. The summed E-state index contributed by atoms with van der Waals surface area (Å²) in [5.74, 6) is 0.666. The molecule has 4 rings (SSSR count). The number of ether oxygens (including phenoxy) is 1. The normalized spacial score (nSPS) is 14.5. The van der Waals surface area contributed by atoms with Gasteiger partial charge in [0.2, 0.25) is 0 Å². The van der Waals surface area contributed by atoms with Gasteiger partial charge in [0.1, 0.15) is 11.4 Å². The Kier molecular flexibility index (Phi) is 5.91. The lowest BCUT2D eigenvalue weighted by molar-refractivity contribution is 0.0930. The number of nitrogens with one attached hydrogen (secondary N) is 2. The van der Waals surface area contributed by atoms with Gasteiger partial charge in [0.25, 0.3) is 5.91 Å². The van der Waals surface area contributed by atoms with E-state index < -0.39 is 0 Å². The van der Waals surface area contributed by atoms with Gasteiger partial charge in [0.15, 0.2) is 0 Å². The Morgan fingerprint density at radius 3 is 2.72 bits per heavy atom. The maximum absolute atomic E-state index is 13.1. The highest BCUT2D eigenvalue weighted by Crippen LogP contribution is 2.26. The van der Waals surface area contributed by atoms with E-state index in [9.17, 15) is 4.79 Å². The molecule has 2 heterocycles. The average molecular weight is 390 g/mol. The fourth-order valence-corrected chi connectivity index (χ4v) is 3.65. The van der Waals surface area contributed by atoms with Crippen LogP contribution in [0.5, 0.6) is 5.75 Å². The van der Waals surface area contributed by atoms with E-state index in [0.717, 1.165) is 42.8 Å². The van der Waals surface area contributed by atoms with Crippen molar-refractivity contribution < 1.29 is 9.53 Å². The first-order valence-electron chi connectivity index (χ1n) is 10.0. The van der Waals surface area contributed by atoms with Crippen molar-refractivity contribution in [2.24, 2.45) is 0 Å². The van der Waals surface area contributed by atoms with Gasteiger partial charge in [-0.2, -0.15) is 5.10 Å². The number of methoxy groups -OCH3 is 1. The standard InChI is InChI=1S/C23H26N4O2/c1-29-20-9-5-8-18(14-20)22-21(23(28)25-19-10-12-24-13-11-19)16-27(26-22)15-17-6-3-2-4-7-17/h2-9,14,16,19,24H,10-13,15H2,1H3,(H,25,28). The summed E-state index contributed by atoms with van der Waals surface area (Å²) < 4.78 is 7.19. The number of carbonyl (C=O) groups excluding carboxylic acids is 1. The van der Waals surface area contributed by atoms with Gasteiger partial charge >= 0.3 is 0 Å². The second-order valence-corrected chi connectivity index (χ2v) is 7.30. The summed E-state index contributed by atoms with van der Waals surface area (Å²) in [5, 5.41) is 11.3. The third-order valence-corrected chi connectivity index (χ3v) is 5.21. The molecule has 0 unspecified atom stereocenters. The second-order valence-electron chi connectivity index (χ2n) is 7.30. The molecular weight excluding hydrogens is 364 g/mol. The summed E-state index contributed by atoms with van der Waals surface area (Å²) in [7, 11) is 1.64. The van der Waals surface area contributed by atoms with E-state index in [0.29, 0.717) is 17.8 Å². The SMILES string of the molecule is COc1cccc(-c2nn(Cc3ccccc3)cc2C(=O)NC2CCNCC2)c1. The molecule has 1 aliphatic heterocycles. The highest BCUT2D eigenvalue weighted by Gasteiger charge is 2.22. The van der Waals surface area contributed by atoms with Crippen LogP contribution < -0.4 is 15.4 Å². The van der Waals surface area contributed by atoms with E-state index in [1.807, 2.05) is 53.3 Å². The van der Waals surface area contributed by atoms with Crippen LogP contribution in [0.25, 0.3) is 11.3 Å². The molecule has 0 spiro atoms. The van der Waals surface area contributed by atoms with Crippen LogP contribution in [0, 0.1) is 0 Å². The van der Waals surface area contributed by atoms with E-state index in [-0.39, 0.29) is 11.9 Å². The Morgan fingerprint density at radius 2 is 1.97 bits per heavy atom.